The lowest BCUT2D eigenvalue weighted by atomic mass is 10.2. The van der Waals surface area contributed by atoms with Crippen LogP contribution >= 0.6 is 0 Å². The molecule has 0 aliphatic rings. The summed E-state index contributed by atoms with van der Waals surface area (Å²) in [4.78, 5) is 2.66. The summed E-state index contributed by atoms with van der Waals surface area (Å²) in [6, 6.07) is 0. The predicted octanol–water partition coefficient (Wildman–Crippen LogP) is 2.76. The molecule has 0 fully saturated rings. The first-order valence-corrected chi connectivity index (χ1v) is 3.54. The standard InChI is InChI=1S/C7H4F6N2/c8-3-2(6(9)10)1-15-5(4(3)14)7(11,12)13/h1,6H,14H2. The zero-order chi connectivity index (χ0) is 11.8. The molecule has 0 bridgehead atoms. The molecule has 1 heterocycles. The Morgan fingerprint density at radius 1 is 1.27 bits per heavy atom. The maximum Gasteiger partial charge on any atom is 0.435 e. The van der Waals surface area contributed by atoms with Gasteiger partial charge in [0.25, 0.3) is 6.43 Å². The lowest BCUT2D eigenvalue weighted by Crippen LogP contribution is -2.14. The van der Waals surface area contributed by atoms with Crippen molar-refractivity contribution in [1.29, 1.82) is 0 Å². The average molecular weight is 230 g/mol. The molecule has 2 N–H and O–H groups in total. The molecule has 0 aliphatic carbocycles. The zero-order valence-electron chi connectivity index (χ0n) is 6.95. The van der Waals surface area contributed by atoms with Gasteiger partial charge in [0.05, 0.1) is 11.3 Å². The summed E-state index contributed by atoms with van der Waals surface area (Å²) in [5.41, 5.74) is 0.346. The highest BCUT2D eigenvalue weighted by atomic mass is 19.4. The Balaban J connectivity index is 3.34. The number of rotatable bonds is 1. The van der Waals surface area contributed by atoms with Crippen LogP contribution in [-0.2, 0) is 6.18 Å². The van der Waals surface area contributed by atoms with Gasteiger partial charge in [-0.25, -0.2) is 18.2 Å². The van der Waals surface area contributed by atoms with Gasteiger partial charge < -0.3 is 5.73 Å². The molecular formula is C7H4F6N2. The Morgan fingerprint density at radius 2 is 1.80 bits per heavy atom. The number of pyridine rings is 1. The summed E-state index contributed by atoms with van der Waals surface area (Å²) in [6.45, 7) is 0. The minimum Gasteiger partial charge on any atom is -0.395 e. The van der Waals surface area contributed by atoms with Crippen molar-refractivity contribution in [1.82, 2.24) is 4.98 Å². The third-order valence-electron chi connectivity index (χ3n) is 1.58. The molecule has 0 unspecified atom stereocenters. The van der Waals surface area contributed by atoms with Crippen LogP contribution in [0.5, 0.6) is 0 Å². The van der Waals surface area contributed by atoms with Gasteiger partial charge in [0.15, 0.2) is 11.5 Å². The van der Waals surface area contributed by atoms with Gasteiger partial charge in [-0.15, -0.1) is 0 Å². The second-order valence-electron chi connectivity index (χ2n) is 2.59. The number of aromatic nitrogens is 1. The van der Waals surface area contributed by atoms with E-state index in [4.69, 9.17) is 5.73 Å². The first-order valence-electron chi connectivity index (χ1n) is 3.54. The van der Waals surface area contributed by atoms with Crippen molar-refractivity contribution < 1.29 is 26.3 Å². The number of halogens is 6. The van der Waals surface area contributed by atoms with Gasteiger partial charge in [0.1, 0.15) is 0 Å². The summed E-state index contributed by atoms with van der Waals surface area (Å²) < 4.78 is 73.1. The van der Waals surface area contributed by atoms with Crippen LogP contribution in [0.1, 0.15) is 17.7 Å². The molecule has 1 aromatic rings. The van der Waals surface area contributed by atoms with E-state index in [9.17, 15) is 26.3 Å². The predicted molar refractivity (Wildman–Crippen MR) is 38.6 cm³/mol. The number of anilines is 1. The van der Waals surface area contributed by atoms with Crippen molar-refractivity contribution in [2.75, 3.05) is 5.73 Å². The largest absolute Gasteiger partial charge is 0.435 e. The molecule has 0 radical (unpaired) electrons. The molecule has 1 aromatic heterocycles. The second kappa shape index (κ2) is 3.59. The maximum absolute atomic E-state index is 12.9. The van der Waals surface area contributed by atoms with E-state index in [0.717, 1.165) is 0 Å². The van der Waals surface area contributed by atoms with Gasteiger partial charge in [-0.1, -0.05) is 0 Å². The van der Waals surface area contributed by atoms with Crippen molar-refractivity contribution in [3.8, 4) is 0 Å². The van der Waals surface area contributed by atoms with Gasteiger partial charge in [-0.2, -0.15) is 13.2 Å². The van der Waals surface area contributed by atoms with Crippen molar-refractivity contribution in [2.45, 2.75) is 12.6 Å². The Bertz CT molecular complexity index is 372. The molecule has 0 saturated carbocycles. The molecule has 0 aliphatic heterocycles. The molecule has 0 aromatic carbocycles. The van der Waals surface area contributed by atoms with Gasteiger partial charge in [0, 0.05) is 6.20 Å². The Morgan fingerprint density at radius 3 is 2.20 bits per heavy atom. The van der Waals surface area contributed by atoms with E-state index < -0.39 is 35.4 Å². The van der Waals surface area contributed by atoms with Gasteiger partial charge in [-0.05, 0) is 0 Å². The molecule has 0 amide bonds. The minimum atomic E-state index is -4.97. The minimum absolute atomic E-state index is 0.124. The van der Waals surface area contributed by atoms with Crippen molar-refractivity contribution >= 4 is 5.69 Å². The molecule has 8 heteroatoms. The van der Waals surface area contributed by atoms with E-state index in [0.29, 0.717) is 0 Å². The fraction of sp³-hybridized carbons (Fsp3) is 0.286. The highest BCUT2D eigenvalue weighted by molar-refractivity contribution is 5.48. The summed E-state index contributed by atoms with van der Waals surface area (Å²) in [5.74, 6) is -1.78. The molecule has 84 valence electrons. The molecule has 1 rings (SSSR count). The number of alkyl halides is 5. The van der Waals surface area contributed by atoms with Crippen LogP contribution in [0.2, 0.25) is 0 Å². The Labute approximate surface area is 79.7 Å². The zero-order valence-corrected chi connectivity index (χ0v) is 6.95. The van der Waals surface area contributed by atoms with Gasteiger partial charge in [-0.3, -0.25) is 0 Å². The topological polar surface area (TPSA) is 38.9 Å². The fourth-order valence-corrected chi connectivity index (χ4v) is 0.898. The smallest absolute Gasteiger partial charge is 0.395 e. The summed E-state index contributed by atoms with van der Waals surface area (Å²) in [7, 11) is 0. The lowest BCUT2D eigenvalue weighted by Gasteiger charge is -2.11. The third-order valence-corrected chi connectivity index (χ3v) is 1.58. The normalized spacial score (nSPS) is 12.2. The third kappa shape index (κ3) is 2.13. The lowest BCUT2D eigenvalue weighted by molar-refractivity contribution is -0.140. The van der Waals surface area contributed by atoms with E-state index >= 15 is 0 Å². The van der Waals surface area contributed by atoms with Crippen LogP contribution in [0.4, 0.5) is 32.0 Å². The summed E-state index contributed by atoms with van der Waals surface area (Å²) in [6.07, 6.45) is -8.10. The highest BCUT2D eigenvalue weighted by Gasteiger charge is 2.37. The molecule has 2 nitrogen and oxygen atoms in total. The van der Waals surface area contributed by atoms with Crippen LogP contribution in [0.3, 0.4) is 0 Å². The molecule has 0 atom stereocenters. The van der Waals surface area contributed by atoms with E-state index in [1.165, 1.54) is 0 Å². The Hall–Kier alpha value is -1.47. The van der Waals surface area contributed by atoms with Crippen molar-refractivity contribution in [3.05, 3.63) is 23.3 Å². The van der Waals surface area contributed by atoms with Crippen LogP contribution in [0.25, 0.3) is 0 Å². The van der Waals surface area contributed by atoms with Crippen LogP contribution in [-0.4, -0.2) is 4.98 Å². The molecule has 0 saturated heterocycles. The van der Waals surface area contributed by atoms with Gasteiger partial charge >= 0.3 is 6.18 Å². The molecule has 0 spiro atoms. The first kappa shape index (κ1) is 11.6. The first-order chi connectivity index (χ1) is 6.75. The highest BCUT2D eigenvalue weighted by Crippen LogP contribution is 2.35. The monoisotopic (exact) mass is 230 g/mol. The summed E-state index contributed by atoms with van der Waals surface area (Å²) >= 11 is 0. The van der Waals surface area contributed by atoms with Crippen LogP contribution < -0.4 is 5.73 Å². The number of hydrogen-bond acceptors (Lipinski definition) is 2. The summed E-state index contributed by atoms with van der Waals surface area (Å²) in [5, 5.41) is 0. The number of hydrogen-bond donors (Lipinski definition) is 1. The SMILES string of the molecule is Nc1c(C(F)(F)F)ncc(C(F)F)c1F. The van der Waals surface area contributed by atoms with Crippen LogP contribution in [0.15, 0.2) is 6.20 Å². The quantitative estimate of drug-likeness (QED) is 0.753. The molecular weight excluding hydrogens is 226 g/mol. The van der Waals surface area contributed by atoms with E-state index in [2.05, 4.69) is 4.98 Å². The van der Waals surface area contributed by atoms with E-state index in [1.54, 1.807) is 0 Å². The van der Waals surface area contributed by atoms with Crippen LogP contribution in [0, 0.1) is 5.82 Å². The fourth-order valence-electron chi connectivity index (χ4n) is 0.898. The second-order valence-corrected chi connectivity index (χ2v) is 2.59. The van der Waals surface area contributed by atoms with Gasteiger partial charge in [0.2, 0.25) is 0 Å². The number of nitrogen functional groups attached to an aromatic ring is 1. The van der Waals surface area contributed by atoms with E-state index in [-0.39, 0.29) is 6.20 Å². The number of nitrogens with two attached hydrogens (primary N) is 1. The van der Waals surface area contributed by atoms with Crippen molar-refractivity contribution in [3.63, 3.8) is 0 Å². The van der Waals surface area contributed by atoms with Crippen molar-refractivity contribution in [2.24, 2.45) is 0 Å². The Kier molecular flexibility index (Phi) is 2.78. The van der Waals surface area contributed by atoms with E-state index in [1.807, 2.05) is 0 Å². The molecule has 15 heavy (non-hydrogen) atoms. The average Bonchev–Trinajstić information content (AvgIpc) is 2.06. The maximum atomic E-state index is 12.9. The number of nitrogens with zero attached hydrogens (tertiary/aromatic N) is 1.